The van der Waals surface area contributed by atoms with Gasteiger partial charge in [-0.05, 0) is 36.2 Å². The van der Waals surface area contributed by atoms with Crippen LogP contribution in [0.5, 0.6) is 0 Å². The second-order valence-electron chi connectivity index (χ2n) is 5.08. The molecule has 0 aliphatic carbocycles. The van der Waals surface area contributed by atoms with Gasteiger partial charge >= 0.3 is 0 Å². The van der Waals surface area contributed by atoms with E-state index in [0.29, 0.717) is 0 Å². The minimum Gasteiger partial charge on any atom is -0.323 e. The van der Waals surface area contributed by atoms with Gasteiger partial charge in [-0.3, -0.25) is 4.98 Å². The van der Waals surface area contributed by atoms with Gasteiger partial charge in [-0.15, -0.1) is 0 Å². The highest BCUT2D eigenvalue weighted by molar-refractivity contribution is 6.31. The summed E-state index contributed by atoms with van der Waals surface area (Å²) >= 11 is 5.80. The van der Waals surface area contributed by atoms with Crippen molar-refractivity contribution in [2.24, 2.45) is 0 Å². The maximum Gasteiger partial charge on any atom is 0.155 e. The number of hydrogen-bond donors (Lipinski definition) is 0. The third-order valence-corrected chi connectivity index (χ3v) is 4.04. The van der Waals surface area contributed by atoms with E-state index in [2.05, 4.69) is 9.97 Å². The minimum atomic E-state index is -0.802. The van der Waals surface area contributed by atoms with Gasteiger partial charge in [-0.2, -0.15) is 0 Å². The predicted octanol–water partition coefficient (Wildman–Crippen LogP) is 4.88. The molecular formula is C17H14ClF2N3. The van der Waals surface area contributed by atoms with Crippen LogP contribution < -0.4 is 0 Å². The van der Waals surface area contributed by atoms with E-state index >= 15 is 0 Å². The summed E-state index contributed by atoms with van der Waals surface area (Å²) in [5.74, 6) is -1.28. The van der Waals surface area contributed by atoms with Crippen LogP contribution in [0, 0.1) is 11.6 Å². The van der Waals surface area contributed by atoms with E-state index < -0.39 is 11.6 Å². The second kappa shape index (κ2) is 6.46. The lowest BCUT2D eigenvalue weighted by molar-refractivity contribution is 0.555. The Morgan fingerprint density at radius 2 is 1.87 bits per heavy atom. The molecule has 23 heavy (non-hydrogen) atoms. The number of imidazole rings is 1. The van der Waals surface area contributed by atoms with Crippen LogP contribution in [0.2, 0.25) is 5.02 Å². The summed E-state index contributed by atoms with van der Waals surface area (Å²) in [6, 6.07) is 6.00. The fourth-order valence-corrected chi connectivity index (χ4v) is 2.83. The van der Waals surface area contributed by atoms with Gasteiger partial charge < -0.3 is 4.57 Å². The third kappa shape index (κ3) is 2.84. The number of rotatable bonds is 4. The average molecular weight is 334 g/mol. The molecule has 0 amide bonds. The van der Waals surface area contributed by atoms with Gasteiger partial charge in [0.2, 0.25) is 0 Å². The summed E-state index contributed by atoms with van der Waals surface area (Å²) in [4.78, 5) is 8.15. The molecule has 3 rings (SSSR count). The molecule has 0 bridgehead atoms. The van der Waals surface area contributed by atoms with Crippen molar-refractivity contribution < 1.29 is 8.78 Å². The molecule has 0 aliphatic heterocycles. The van der Waals surface area contributed by atoms with Gasteiger partial charge in [-0.25, -0.2) is 13.8 Å². The Hall–Kier alpha value is -2.27. The fourth-order valence-electron chi connectivity index (χ4n) is 2.67. The van der Waals surface area contributed by atoms with Crippen LogP contribution >= 0.6 is 11.6 Å². The number of pyridine rings is 1. The quantitative estimate of drug-likeness (QED) is 0.637. The zero-order valence-electron chi connectivity index (χ0n) is 12.4. The van der Waals surface area contributed by atoms with E-state index in [0.717, 1.165) is 18.1 Å². The van der Waals surface area contributed by atoms with E-state index in [9.17, 15) is 8.78 Å². The average Bonchev–Trinajstić information content (AvgIpc) is 3.02. The monoisotopic (exact) mass is 333 g/mol. The molecule has 0 fully saturated rings. The van der Waals surface area contributed by atoms with Crippen LogP contribution in [-0.2, 0) is 0 Å². The normalized spacial score (nSPS) is 12.3. The van der Waals surface area contributed by atoms with Crippen LogP contribution in [-0.4, -0.2) is 14.5 Å². The van der Waals surface area contributed by atoms with Gasteiger partial charge in [0.1, 0.15) is 11.6 Å². The summed E-state index contributed by atoms with van der Waals surface area (Å²) in [5.41, 5.74) is 0.777. The summed E-state index contributed by atoms with van der Waals surface area (Å²) in [6.45, 7) is 2.00. The molecule has 3 nitrogen and oxygen atoms in total. The molecule has 3 aromatic rings. The molecule has 118 valence electrons. The number of benzene rings is 1. The lowest BCUT2D eigenvalue weighted by Crippen LogP contribution is -2.11. The summed E-state index contributed by atoms with van der Waals surface area (Å²) in [5, 5.41) is -0.132. The van der Waals surface area contributed by atoms with E-state index in [1.807, 2.05) is 19.1 Å². The molecule has 0 saturated carbocycles. The van der Waals surface area contributed by atoms with Crippen molar-refractivity contribution in [2.45, 2.75) is 19.4 Å². The molecule has 0 unspecified atom stereocenters. The lowest BCUT2D eigenvalue weighted by atomic mass is 10.0. The molecule has 0 saturated heterocycles. The smallest absolute Gasteiger partial charge is 0.155 e. The molecule has 0 radical (unpaired) electrons. The molecule has 0 aliphatic rings. The molecule has 6 heteroatoms. The highest BCUT2D eigenvalue weighted by Crippen LogP contribution is 2.33. The van der Waals surface area contributed by atoms with Crippen molar-refractivity contribution in [3.8, 4) is 11.4 Å². The number of hydrogen-bond acceptors (Lipinski definition) is 2. The van der Waals surface area contributed by atoms with E-state index in [1.165, 1.54) is 12.3 Å². The maximum atomic E-state index is 14.3. The molecule has 1 aromatic carbocycles. The lowest BCUT2D eigenvalue weighted by Gasteiger charge is -2.20. The number of halogens is 3. The van der Waals surface area contributed by atoms with E-state index in [1.54, 1.807) is 23.2 Å². The fraction of sp³-hybridized carbons (Fsp3) is 0.176. The molecule has 2 heterocycles. The maximum absolute atomic E-state index is 14.3. The Kier molecular flexibility index (Phi) is 4.39. The summed E-state index contributed by atoms with van der Waals surface area (Å²) in [6.07, 6.45) is 7.35. The SMILES string of the molecule is CC[C@H](c1ccncc1)n1ccnc1-c1c(F)ccc(Cl)c1F. The minimum absolute atomic E-state index is 0.103. The predicted molar refractivity (Wildman–Crippen MR) is 85.3 cm³/mol. The molecule has 0 N–H and O–H groups in total. The zero-order chi connectivity index (χ0) is 16.4. The topological polar surface area (TPSA) is 30.7 Å². The van der Waals surface area contributed by atoms with Crippen molar-refractivity contribution in [3.63, 3.8) is 0 Å². The van der Waals surface area contributed by atoms with Crippen molar-refractivity contribution in [1.82, 2.24) is 14.5 Å². The molecule has 2 aromatic heterocycles. The van der Waals surface area contributed by atoms with Crippen LogP contribution in [0.3, 0.4) is 0 Å². The Morgan fingerprint density at radius 3 is 2.57 bits per heavy atom. The molecule has 1 atom stereocenters. The largest absolute Gasteiger partial charge is 0.323 e. The highest BCUT2D eigenvalue weighted by Gasteiger charge is 2.22. The molecular weight excluding hydrogens is 320 g/mol. The third-order valence-electron chi connectivity index (χ3n) is 3.75. The summed E-state index contributed by atoms with van der Waals surface area (Å²) < 4.78 is 30.3. The Bertz CT molecular complexity index is 818. The first-order chi connectivity index (χ1) is 11.1. The molecule has 0 spiro atoms. The first-order valence-electron chi connectivity index (χ1n) is 7.20. The first kappa shape index (κ1) is 15.6. The summed E-state index contributed by atoms with van der Waals surface area (Å²) in [7, 11) is 0. The van der Waals surface area contributed by atoms with Gasteiger partial charge in [0.15, 0.2) is 5.82 Å². The van der Waals surface area contributed by atoms with Gasteiger partial charge in [-0.1, -0.05) is 18.5 Å². The van der Waals surface area contributed by atoms with Crippen LogP contribution in [0.15, 0.2) is 49.1 Å². The highest BCUT2D eigenvalue weighted by atomic mass is 35.5. The van der Waals surface area contributed by atoms with Crippen molar-refractivity contribution in [3.05, 3.63) is 71.3 Å². The first-order valence-corrected chi connectivity index (χ1v) is 7.58. The van der Waals surface area contributed by atoms with Crippen LogP contribution in [0.4, 0.5) is 8.78 Å². The zero-order valence-corrected chi connectivity index (χ0v) is 13.1. The standard InChI is InChI=1S/C17H14ClF2N3/c1-2-14(11-5-7-21-8-6-11)23-10-9-22-17(23)15-13(19)4-3-12(18)16(15)20/h3-10,14H,2H2,1H3/t14-/m1/s1. The Balaban J connectivity index is 2.15. The van der Waals surface area contributed by atoms with Crippen molar-refractivity contribution in [1.29, 1.82) is 0 Å². The van der Waals surface area contributed by atoms with Crippen molar-refractivity contribution >= 4 is 11.6 Å². The number of nitrogens with zero attached hydrogens (tertiary/aromatic N) is 3. The van der Waals surface area contributed by atoms with E-state index in [4.69, 9.17) is 11.6 Å². The van der Waals surface area contributed by atoms with Gasteiger partial charge in [0.25, 0.3) is 0 Å². The van der Waals surface area contributed by atoms with Crippen LogP contribution in [0.25, 0.3) is 11.4 Å². The van der Waals surface area contributed by atoms with E-state index in [-0.39, 0.29) is 22.5 Å². The van der Waals surface area contributed by atoms with Crippen LogP contribution in [0.1, 0.15) is 24.9 Å². The second-order valence-corrected chi connectivity index (χ2v) is 5.49. The van der Waals surface area contributed by atoms with Gasteiger partial charge in [0.05, 0.1) is 16.6 Å². The van der Waals surface area contributed by atoms with Gasteiger partial charge in [0, 0.05) is 24.8 Å². The van der Waals surface area contributed by atoms with Crippen molar-refractivity contribution in [2.75, 3.05) is 0 Å². The Labute approximate surface area is 137 Å². The Morgan fingerprint density at radius 1 is 1.13 bits per heavy atom. The number of aromatic nitrogens is 3.